The number of piperazine rings is 1. The van der Waals surface area contributed by atoms with E-state index in [1.54, 1.807) is 19.3 Å². The summed E-state index contributed by atoms with van der Waals surface area (Å²) in [7, 11) is 0. The number of hydrogen-bond donors (Lipinski definition) is 1. The number of benzene rings is 2. The van der Waals surface area contributed by atoms with Crippen LogP contribution in [0.15, 0.2) is 60.9 Å². The number of aromatic nitrogens is 3. The molecule has 5 rings (SSSR count). The van der Waals surface area contributed by atoms with Gasteiger partial charge in [0, 0.05) is 66.8 Å². The fourth-order valence-electron chi connectivity index (χ4n) is 4.41. The average Bonchev–Trinajstić information content (AvgIpc) is 2.89. The van der Waals surface area contributed by atoms with Gasteiger partial charge in [-0.3, -0.25) is 14.9 Å². The van der Waals surface area contributed by atoms with Gasteiger partial charge < -0.3 is 15.1 Å². The van der Waals surface area contributed by atoms with Crippen molar-refractivity contribution in [1.29, 1.82) is 0 Å². The zero-order chi connectivity index (χ0) is 25.2. The highest BCUT2D eigenvalue weighted by molar-refractivity contribution is 6.05. The number of carbonyl (C=O) groups excluding carboxylic acids is 1. The summed E-state index contributed by atoms with van der Waals surface area (Å²) in [4.78, 5) is 41.3. The average molecular weight is 484 g/mol. The summed E-state index contributed by atoms with van der Waals surface area (Å²) < 4.78 is 0. The van der Waals surface area contributed by atoms with Crippen molar-refractivity contribution in [3.05, 3.63) is 87.7 Å². The normalized spacial score (nSPS) is 13.6. The molecule has 4 aromatic rings. The van der Waals surface area contributed by atoms with E-state index in [9.17, 15) is 14.9 Å². The Balaban J connectivity index is 1.31. The predicted molar refractivity (Wildman–Crippen MR) is 139 cm³/mol. The Kier molecular flexibility index (Phi) is 6.16. The van der Waals surface area contributed by atoms with E-state index in [0.717, 1.165) is 54.4 Å². The first kappa shape index (κ1) is 23.2. The lowest BCUT2D eigenvalue weighted by Gasteiger charge is -2.35. The summed E-state index contributed by atoms with van der Waals surface area (Å²) in [5.41, 5.74) is 3.34. The number of nitro benzene ring substituents is 1. The molecule has 0 unspecified atom stereocenters. The molecule has 1 N–H and O–H groups in total. The maximum atomic E-state index is 12.7. The topological polar surface area (TPSA) is 117 Å². The van der Waals surface area contributed by atoms with E-state index in [1.165, 1.54) is 18.2 Å². The van der Waals surface area contributed by atoms with Crippen molar-refractivity contribution in [2.24, 2.45) is 0 Å². The van der Waals surface area contributed by atoms with Crippen LogP contribution in [0.1, 0.15) is 21.5 Å². The molecule has 10 nitrogen and oxygen atoms in total. The van der Waals surface area contributed by atoms with Crippen LogP contribution in [0.4, 0.5) is 23.1 Å². The van der Waals surface area contributed by atoms with Crippen molar-refractivity contribution in [3.63, 3.8) is 0 Å². The van der Waals surface area contributed by atoms with Crippen LogP contribution >= 0.6 is 0 Å². The highest BCUT2D eigenvalue weighted by Crippen LogP contribution is 2.27. The lowest BCUT2D eigenvalue weighted by Crippen LogP contribution is -2.47. The van der Waals surface area contributed by atoms with Gasteiger partial charge in [0.2, 0.25) is 5.95 Å². The smallest absolute Gasteiger partial charge is 0.272 e. The standard InChI is InChI=1S/C26H25N7O3/c1-17-15-24(31-10-12-32(13-11-31)26-27-8-3-9-28-26)30-22-6-5-20(16-21(17)22)29-25(34)19-4-7-23(33(35)36)18(2)14-19/h3-9,14-16H,10-13H2,1-2H3,(H,29,34). The monoisotopic (exact) mass is 483 g/mol. The third kappa shape index (κ3) is 4.65. The van der Waals surface area contributed by atoms with Gasteiger partial charge in [0.05, 0.1) is 10.4 Å². The van der Waals surface area contributed by atoms with E-state index >= 15 is 0 Å². The van der Waals surface area contributed by atoms with Gasteiger partial charge in [-0.1, -0.05) is 0 Å². The SMILES string of the molecule is Cc1cc(C(=O)Nc2ccc3nc(N4CCN(c5ncccn5)CC4)cc(C)c3c2)ccc1[N+](=O)[O-]. The third-order valence-corrected chi connectivity index (χ3v) is 6.35. The van der Waals surface area contributed by atoms with Crippen molar-refractivity contribution in [1.82, 2.24) is 15.0 Å². The first-order chi connectivity index (χ1) is 17.4. The number of nitrogens with zero attached hydrogens (tertiary/aromatic N) is 6. The Morgan fingerprint density at radius 2 is 1.67 bits per heavy atom. The van der Waals surface area contributed by atoms with Crippen molar-refractivity contribution in [2.75, 3.05) is 41.3 Å². The Morgan fingerprint density at radius 1 is 0.944 bits per heavy atom. The molecule has 0 aliphatic carbocycles. The van der Waals surface area contributed by atoms with Crippen molar-refractivity contribution in [3.8, 4) is 0 Å². The molecule has 182 valence electrons. The number of amides is 1. The molecule has 1 aliphatic heterocycles. The second-order valence-corrected chi connectivity index (χ2v) is 8.76. The molecule has 1 fully saturated rings. The van der Waals surface area contributed by atoms with Crippen LogP contribution in [0, 0.1) is 24.0 Å². The lowest BCUT2D eigenvalue weighted by molar-refractivity contribution is -0.385. The molecule has 0 saturated carbocycles. The molecule has 2 aromatic heterocycles. The van der Waals surface area contributed by atoms with Crippen molar-refractivity contribution >= 4 is 40.0 Å². The van der Waals surface area contributed by atoms with Crippen LogP contribution in [-0.4, -0.2) is 52.0 Å². The van der Waals surface area contributed by atoms with Crippen LogP contribution in [0.25, 0.3) is 10.9 Å². The number of rotatable bonds is 5. The molecule has 2 aromatic carbocycles. The minimum absolute atomic E-state index is 0.00966. The van der Waals surface area contributed by atoms with Crippen LogP contribution in [0.2, 0.25) is 0 Å². The minimum Gasteiger partial charge on any atom is -0.353 e. The molecule has 1 saturated heterocycles. The molecule has 0 atom stereocenters. The number of nitro groups is 1. The number of nitrogens with one attached hydrogen (secondary N) is 1. The first-order valence-corrected chi connectivity index (χ1v) is 11.6. The summed E-state index contributed by atoms with van der Waals surface area (Å²) >= 11 is 0. The fraction of sp³-hybridized carbons (Fsp3) is 0.231. The first-order valence-electron chi connectivity index (χ1n) is 11.6. The van der Waals surface area contributed by atoms with Gasteiger partial charge in [0.15, 0.2) is 0 Å². The molecule has 3 heterocycles. The number of fused-ring (bicyclic) bond motifs is 1. The van der Waals surface area contributed by atoms with E-state index in [2.05, 4.69) is 31.2 Å². The number of anilines is 3. The van der Waals surface area contributed by atoms with Crippen LogP contribution in [0.3, 0.4) is 0 Å². The summed E-state index contributed by atoms with van der Waals surface area (Å²) in [6.45, 7) is 6.92. The number of carbonyl (C=O) groups is 1. The summed E-state index contributed by atoms with van der Waals surface area (Å²) in [6, 6.07) is 13.9. The zero-order valence-corrected chi connectivity index (χ0v) is 20.0. The van der Waals surface area contributed by atoms with Gasteiger partial charge in [0.25, 0.3) is 11.6 Å². The molecule has 1 amide bonds. The zero-order valence-electron chi connectivity index (χ0n) is 20.0. The lowest BCUT2D eigenvalue weighted by atomic mass is 10.1. The maximum absolute atomic E-state index is 12.7. The Labute approximate surface area is 207 Å². The van der Waals surface area contributed by atoms with E-state index in [4.69, 9.17) is 4.98 Å². The number of aryl methyl sites for hydroxylation is 2. The second-order valence-electron chi connectivity index (χ2n) is 8.76. The number of hydrogen-bond acceptors (Lipinski definition) is 8. The van der Waals surface area contributed by atoms with Crippen LogP contribution < -0.4 is 15.1 Å². The molecule has 36 heavy (non-hydrogen) atoms. The summed E-state index contributed by atoms with van der Waals surface area (Å²) in [5.74, 6) is 1.35. The Bertz CT molecular complexity index is 1450. The van der Waals surface area contributed by atoms with Crippen LogP contribution in [-0.2, 0) is 0 Å². The maximum Gasteiger partial charge on any atom is 0.272 e. The molecule has 0 radical (unpaired) electrons. The largest absolute Gasteiger partial charge is 0.353 e. The highest BCUT2D eigenvalue weighted by Gasteiger charge is 2.21. The van der Waals surface area contributed by atoms with Crippen molar-refractivity contribution < 1.29 is 9.72 Å². The van der Waals surface area contributed by atoms with E-state index in [1.807, 2.05) is 31.2 Å². The van der Waals surface area contributed by atoms with E-state index in [0.29, 0.717) is 16.8 Å². The number of pyridine rings is 1. The fourth-order valence-corrected chi connectivity index (χ4v) is 4.41. The van der Waals surface area contributed by atoms with Crippen molar-refractivity contribution in [2.45, 2.75) is 13.8 Å². The van der Waals surface area contributed by atoms with E-state index in [-0.39, 0.29) is 11.6 Å². The molecule has 0 bridgehead atoms. The molecular formula is C26H25N7O3. The molecule has 10 heteroatoms. The molecule has 0 spiro atoms. The van der Waals surface area contributed by atoms with Gasteiger partial charge in [-0.05, 0) is 61.9 Å². The quantitative estimate of drug-likeness (QED) is 0.333. The van der Waals surface area contributed by atoms with Gasteiger partial charge in [-0.15, -0.1) is 0 Å². The highest BCUT2D eigenvalue weighted by atomic mass is 16.6. The second kappa shape index (κ2) is 9.57. The minimum atomic E-state index is -0.456. The van der Waals surface area contributed by atoms with Gasteiger partial charge in [-0.25, -0.2) is 15.0 Å². The molecule has 1 aliphatic rings. The van der Waals surface area contributed by atoms with Gasteiger partial charge >= 0.3 is 0 Å². The van der Waals surface area contributed by atoms with Crippen LogP contribution in [0.5, 0.6) is 0 Å². The third-order valence-electron chi connectivity index (χ3n) is 6.35. The molecular weight excluding hydrogens is 458 g/mol. The Hall–Kier alpha value is -4.60. The van der Waals surface area contributed by atoms with E-state index < -0.39 is 4.92 Å². The predicted octanol–water partition coefficient (Wildman–Crippen LogP) is 4.13. The summed E-state index contributed by atoms with van der Waals surface area (Å²) in [6.07, 6.45) is 3.51. The summed E-state index contributed by atoms with van der Waals surface area (Å²) in [5, 5.41) is 14.9. The van der Waals surface area contributed by atoms with Gasteiger partial charge in [0.1, 0.15) is 5.82 Å². The van der Waals surface area contributed by atoms with Gasteiger partial charge in [-0.2, -0.15) is 0 Å². The Morgan fingerprint density at radius 3 is 2.36 bits per heavy atom.